The SMILES string of the molecule is CN(CC(=O)N(CC#N)c1ccccc1)C1CNC1. The van der Waals surface area contributed by atoms with Crippen molar-refractivity contribution in [3.05, 3.63) is 30.3 Å². The van der Waals surface area contributed by atoms with Gasteiger partial charge in [0, 0.05) is 24.8 Å². The minimum Gasteiger partial charge on any atom is -0.314 e. The number of likely N-dealkylation sites (N-methyl/N-ethyl adjacent to an activating group) is 1. The van der Waals surface area contributed by atoms with Crippen LogP contribution in [0.15, 0.2) is 30.3 Å². The highest BCUT2D eigenvalue weighted by Crippen LogP contribution is 2.14. The summed E-state index contributed by atoms with van der Waals surface area (Å²) >= 11 is 0. The molecule has 1 aromatic carbocycles. The van der Waals surface area contributed by atoms with Crippen LogP contribution < -0.4 is 10.2 Å². The molecule has 1 aromatic rings. The average molecular weight is 258 g/mol. The number of carbonyl (C=O) groups is 1. The Morgan fingerprint density at radius 3 is 2.63 bits per heavy atom. The maximum atomic E-state index is 12.3. The molecular weight excluding hydrogens is 240 g/mol. The Bertz CT molecular complexity index is 464. The van der Waals surface area contributed by atoms with E-state index < -0.39 is 0 Å². The molecule has 1 saturated heterocycles. The monoisotopic (exact) mass is 258 g/mol. The van der Waals surface area contributed by atoms with Crippen LogP contribution in [0.3, 0.4) is 0 Å². The highest BCUT2D eigenvalue weighted by Gasteiger charge is 2.25. The molecule has 1 aliphatic rings. The highest BCUT2D eigenvalue weighted by molar-refractivity contribution is 5.95. The molecule has 1 amide bonds. The molecule has 1 aliphatic heterocycles. The maximum Gasteiger partial charge on any atom is 0.242 e. The molecule has 0 bridgehead atoms. The van der Waals surface area contributed by atoms with Crippen molar-refractivity contribution in [3.8, 4) is 6.07 Å². The van der Waals surface area contributed by atoms with E-state index in [0.717, 1.165) is 18.8 Å². The number of anilines is 1. The van der Waals surface area contributed by atoms with Crippen molar-refractivity contribution in [2.45, 2.75) is 6.04 Å². The summed E-state index contributed by atoms with van der Waals surface area (Å²) < 4.78 is 0. The number of benzene rings is 1. The first-order valence-electron chi connectivity index (χ1n) is 6.35. The van der Waals surface area contributed by atoms with Crippen molar-refractivity contribution in [2.24, 2.45) is 0 Å². The normalized spacial score (nSPS) is 14.8. The summed E-state index contributed by atoms with van der Waals surface area (Å²) in [5.74, 6) is -0.0397. The van der Waals surface area contributed by atoms with Crippen molar-refractivity contribution in [1.82, 2.24) is 10.2 Å². The Morgan fingerprint density at radius 1 is 1.42 bits per heavy atom. The van der Waals surface area contributed by atoms with Crippen molar-refractivity contribution < 1.29 is 4.79 Å². The van der Waals surface area contributed by atoms with Crippen molar-refractivity contribution in [2.75, 3.05) is 38.1 Å². The van der Waals surface area contributed by atoms with Gasteiger partial charge in [-0.3, -0.25) is 14.6 Å². The molecule has 1 heterocycles. The predicted molar refractivity (Wildman–Crippen MR) is 73.7 cm³/mol. The van der Waals surface area contributed by atoms with Gasteiger partial charge in [0.1, 0.15) is 6.54 Å². The van der Waals surface area contributed by atoms with Crippen LogP contribution in [0.2, 0.25) is 0 Å². The Morgan fingerprint density at radius 2 is 2.11 bits per heavy atom. The lowest BCUT2D eigenvalue weighted by Gasteiger charge is -2.36. The molecule has 0 aromatic heterocycles. The van der Waals surface area contributed by atoms with E-state index in [9.17, 15) is 4.79 Å². The molecule has 0 atom stereocenters. The van der Waals surface area contributed by atoms with Gasteiger partial charge in [-0.05, 0) is 19.2 Å². The molecule has 0 spiro atoms. The summed E-state index contributed by atoms with van der Waals surface area (Å²) in [5.41, 5.74) is 0.772. The number of nitrogens with one attached hydrogen (secondary N) is 1. The molecule has 1 N–H and O–H groups in total. The topological polar surface area (TPSA) is 59.4 Å². The van der Waals surface area contributed by atoms with Gasteiger partial charge in [-0.15, -0.1) is 0 Å². The number of carbonyl (C=O) groups excluding carboxylic acids is 1. The van der Waals surface area contributed by atoms with E-state index in [1.807, 2.05) is 42.3 Å². The number of rotatable bonds is 5. The Kier molecular flexibility index (Phi) is 4.50. The molecule has 5 heteroatoms. The lowest BCUT2D eigenvalue weighted by molar-refractivity contribution is -0.120. The second-order valence-corrected chi connectivity index (χ2v) is 4.70. The second-order valence-electron chi connectivity index (χ2n) is 4.70. The van der Waals surface area contributed by atoms with Gasteiger partial charge in [-0.1, -0.05) is 18.2 Å². The smallest absolute Gasteiger partial charge is 0.242 e. The zero-order chi connectivity index (χ0) is 13.7. The second kappa shape index (κ2) is 6.32. The number of nitrogens with zero attached hydrogens (tertiary/aromatic N) is 3. The van der Waals surface area contributed by atoms with E-state index in [1.165, 1.54) is 4.90 Å². The van der Waals surface area contributed by atoms with Gasteiger partial charge < -0.3 is 5.32 Å². The van der Waals surface area contributed by atoms with Crippen LogP contribution in [0.4, 0.5) is 5.69 Å². The van der Waals surface area contributed by atoms with Crippen LogP contribution in [-0.4, -0.2) is 50.1 Å². The molecular formula is C14H18N4O. The van der Waals surface area contributed by atoms with Gasteiger partial charge >= 0.3 is 0 Å². The molecule has 0 unspecified atom stereocenters. The van der Waals surface area contributed by atoms with Crippen LogP contribution in [0.5, 0.6) is 0 Å². The molecule has 100 valence electrons. The van der Waals surface area contributed by atoms with Crippen LogP contribution in [-0.2, 0) is 4.79 Å². The average Bonchev–Trinajstić information content (AvgIpc) is 2.34. The first kappa shape index (κ1) is 13.5. The first-order chi connectivity index (χ1) is 9.22. The van der Waals surface area contributed by atoms with E-state index in [0.29, 0.717) is 12.6 Å². The minimum absolute atomic E-state index is 0.0397. The Hall–Kier alpha value is -1.90. The summed E-state index contributed by atoms with van der Waals surface area (Å²) in [6.45, 7) is 2.27. The van der Waals surface area contributed by atoms with Gasteiger partial charge in [-0.2, -0.15) is 5.26 Å². The van der Waals surface area contributed by atoms with Crippen LogP contribution in [0.25, 0.3) is 0 Å². The molecule has 19 heavy (non-hydrogen) atoms. The zero-order valence-corrected chi connectivity index (χ0v) is 11.0. The summed E-state index contributed by atoms with van der Waals surface area (Å²) in [5, 5.41) is 12.1. The van der Waals surface area contributed by atoms with Gasteiger partial charge in [0.15, 0.2) is 0 Å². The molecule has 0 radical (unpaired) electrons. The molecule has 0 aliphatic carbocycles. The third kappa shape index (κ3) is 3.31. The maximum absolute atomic E-state index is 12.3. The van der Waals surface area contributed by atoms with E-state index in [2.05, 4.69) is 11.4 Å². The number of nitriles is 1. The van der Waals surface area contributed by atoms with E-state index in [-0.39, 0.29) is 12.5 Å². The summed E-state index contributed by atoms with van der Waals surface area (Å²) in [4.78, 5) is 15.9. The Labute approximate surface area is 113 Å². The van der Waals surface area contributed by atoms with Crippen LogP contribution in [0.1, 0.15) is 0 Å². The number of amides is 1. The molecule has 0 saturated carbocycles. The highest BCUT2D eigenvalue weighted by atomic mass is 16.2. The fraction of sp³-hybridized carbons (Fsp3) is 0.429. The fourth-order valence-corrected chi connectivity index (χ4v) is 2.02. The lowest BCUT2D eigenvalue weighted by atomic mass is 10.1. The van der Waals surface area contributed by atoms with Gasteiger partial charge in [0.2, 0.25) is 5.91 Å². The Balaban J connectivity index is 2.02. The van der Waals surface area contributed by atoms with E-state index in [4.69, 9.17) is 5.26 Å². The minimum atomic E-state index is -0.0397. The van der Waals surface area contributed by atoms with Gasteiger partial charge in [-0.25, -0.2) is 0 Å². The molecule has 5 nitrogen and oxygen atoms in total. The van der Waals surface area contributed by atoms with Gasteiger partial charge in [0.25, 0.3) is 0 Å². The quantitative estimate of drug-likeness (QED) is 0.779. The van der Waals surface area contributed by atoms with E-state index >= 15 is 0 Å². The lowest BCUT2D eigenvalue weighted by Crippen LogP contribution is -2.57. The van der Waals surface area contributed by atoms with Crippen molar-refractivity contribution >= 4 is 11.6 Å². The van der Waals surface area contributed by atoms with Crippen LogP contribution >= 0.6 is 0 Å². The molecule has 1 fully saturated rings. The summed E-state index contributed by atoms with van der Waals surface area (Å²) in [7, 11) is 1.94. The third-order valence-electron chi connectivity index (χ3n) is 3.37. The number of hydrogen-bond acceptors (Lipinski definition) is 4. The predicted octanol–water partition coefficient (Wildman–Crippen LogP) is 0.447. The van der Waals surface area contributed by atoms with Gasteiger partial charge in [0.05, 0.1) is 12.6 Å². The van der Waals surface area contributed by atoms with Crippen LogP contribution in [0, 0.1) is 11.3 Å². The largest absolute Gasteiger partial charge is 0.314 e. The fourth-order valence-electron chi connectivity index (χ4n) is 2.02. The standard InChI is InChI=1S/C14H18N4O/c1-17(13-9-16-10-13)11-14(19)18(8-7-15)12-5-3-2-4-6-12/h2-6,13,16H,8-11H2,1H3. The number of para-hydroxylation sites is 1. The van der Waals surface area contributed by atoms with E-state index in [1.54, 1.807) is 0 Å². The zero-order valence-electron chi connectivity index (χ0n) is 11.0. The first-order valence-corrected chi connectivity index (χ1v) is 6.35. The molecule has 2 rings (SSSR count). The van der Waals surface area contributed by atoms with Crippen molar-refractivity contribution in [1.29, 1.82) is 5.26 Å². The van der Waals surface area contributed by atoms with Crippen molar-refractivity contribution in [3.63, 3.8) is 0 Å². The number of hydrogen-bond donors (Lipinski definition) is 1. The summed E-state index contributed by atoms with van der Waals surface area (Å²) in [6.07, 6.45) is 0. The third-order valence-corrected chi connectivity index (χ3v) is 3.37. The summed E-state index contributed by atoms with van der Waals surface area (Å²) in [6, 6.07) is 11.8.